The highest BCUT2D eigenvalue weighted by Gasteiger charge is 2.18. The molecule has 1 heterocycles. The number of nitrogens with one attached hydrogen (secondary N) is 1. The van der Waals surface area contributed by atoms with Crippen LogP contribution in [-0.2, 0) is 11.3 Å². The average molecular weight is 490 g/mol. The maximum absolute atomic E-state index is 12.4. The number of aromatic nitrogens is 3. The second kappa shape index (κ2) is 11.3. The van der Waals surface area contributed by atoms with Gasteiger partial charge in [0, 0.05) is 42.1 Å². The molecule has 0 atom stereocenters. The summed E-state index contributed by atoms with van der Waals surface area (Å²) in [5.74, 6) is 1.68. The fourth-order valence-electron chi connectivity index (χ4n) is 3.39. The normalized spacial score (nSPS) is 10.7. The zero-order valence-electron chi connectivity index (χ0n) is 19.0. The topological polar surface area (TPSA) is 112 Å². The first-order valence-corrected chi connectivity index (χ1v) is 11.8. The molecule has 9 nitrogen and oxygen atoms in total. The van der Waals surface area contributed by atoms with Gasteiger partial charge >= 0.3 is 0 Å². The Morgan fingerprint density at radius 1 is 1.06 bits per heavy atom. The Kier molecular flexibility index (Phi) is 7.74. The summed E-state index contributed by atoms with van der Waals surface area (Å²) in [6.45, 7) is 0.435. The Labute approximate surface area is 206 Å². The number of para-hydroxylation sites is 1. The fraction of sp³-hybridized carbons (Fsp3) is 0.160. The van der Waals surface area contributed by atoms with Gasteiger partial charge in [-0.3, -0.25) is 19.5 Å². The molecule has 0 radical (unpaired) electrons. The van der Waals surface area contributed by atoms with Gasteiger partial charge in [-0.15, -0.1) is 10.2 Å². The van der Waals surface area contributed by atoms with Gasteiger partial charge in [0.2, 0.25) is 5.91 Å². The van der Waals surface area contributed by atoms with Gasteiger partial charge in [0.25, 0.3) is 5.69 Å². The summed E-state index contributed by atoms with van der Waals surface area (Å²) in [4.78, 5) is 23.2. The molecule has 10 heteroatoms. The number of ether oxygens (including phenoxy) is 1. The third-order valence-corrected chi connectivity index (χ3v) is 6.10. The van der Waals surface area contributed by atoms with E-state index in [0.717, 1.165) is 17.0 Å². The van der Waals surface area contributed by atoms with E-state index in [2.05, 4.69) is 15.5 Å². The quantitative estimate of drug-likeness (QED) is 0.196. The first kappa shape index (κ1) is 24.0. The SMILES string of the molecule is COc1ccc(CNC(=O)CCSc2nnc(-c3cccc([N+](=O)[O-])c3)n2-c2ccccc2)cc1. The number of nitro benzene ring substituents is 1. The molecule has 0 aliphatic carbocycles. The molecule has 1 amide bonds. The lowest BCUT2D eigenvalue weighted by Gasteiger charge is -2.10. The summed E-state index contributed by atoms with van der Waals surface area (Å²) in [6.07, 6.45) is 0.300. The fourth-order valence-corrected chi connectivity index (χ4v) is 4.28. The zero-order valence-corrected chi connectivity index (χ0v) is 19.8. The average Bonchev–Trinajstić information content (AvgIpc) is 3.32. The molecule has 3 aromatic carbocycles. The highest BCUT2D eigenvalue weighted by Crippen LogP contribution is 2.29. The van der Waals surface area contributed by atoms with E-state index in [-0.39, 0.29) is 11.6 Å². The number of hydrogen-bond donors (Lipinski definition) is 1. The smallest absolute Gasteiger partial charge is 0.270 e. The molecule has 0 aliphatic heterocycles. The summed E-state index contributed by atoms with van der Waals surface area (Å²) in [5, 5.41) is 23.4. The van der Waals surface area contributed by atoms with Crippen molar-refractivity contribution in [3.8, 4) is 22.8 Å². The van der Waals surface area contributed by atoms with Crippen molar-refractivity contribution in [1.82, 2.24) is 20.1 Å². The van der Waals surface area contributed by atoms with Crippen LogP contribution in [0.25, 0.3) is 17.1 Å². The Bertz CT molecular complexity index is 1310. The van der Waals surface area contributed by atoms with Crippen LogP contribution >= 0.6 is 11.8 Å². The third kappa shape index (κ3) is 6.04. The van der Waals surface area contributed by atoms with Crippen molar-refractivity contribution in [2.24, 2.45) is 0 Å². The molecule has 0 saturated carbocycles. The number of amides is 1. The molecular weight excluding hydrogens is 466 g/mol. The summed E-state index contributed by atoms with van der Waals surface area (Å²) in [7, 11) is 1.61. The van der Waals surface area contributed by atoms with Crippen molar-refractivity contribution < 1.29 is 14.5 Å². The zero-order chi connectivity index (χ0) is 24.6. The van der Waals surface area contributed by atoms with E-state index in [0.29, 0.717) is 35.3 Å². The van der Waals surface area contributed by atoms with Gasteiger partial charge in [0.05, 0.1) is 12.0 Å². The van der Waals surface area contributed by atoms with E-state index in [4.69, 9.17) is 4.74 Å². The van der Waals surface area contributed by atoms with Gasteiger partial charge in [-0.25, -0.2) is 0 Å². The van der Waals surface area contributed by atoms with Crippen molar-refractivity contribution >= 4 is 23.4 Å². The van der Waals surface area contributed by atoms with Gasteiger partial charge in [-0.2, -0.15) is 0 Å². The Morgan fingerprint density at radius 2 is 1.83 bits per heavy atom. The molecule has 35 heavy (non-hydrogen) atoms. The van der Waals surface area contributed by atoms with Gasteiger partial charge in [0.1, 0.15) is 5.75 Å². The molecule has 0 saturated heterocycles. The van der Waals surface area contributed by atoms with Crippen molar-refractivity contribution in [2.45, 2.75) is 18.1 Å². The van der Waals surface area contributed by atoms with Crippen LogP contribution in [-0.4, -0.2) is 38.5 Å². The first-order chi connectivity index (χ1) is 17.0. The van der Waals surface area contributed by atoms with E-state index in [1.54, 1.807) is 19.2 Å². The van der Waals surface area contributed by atoms with Crippen LogP contribution in [0.1, 0.15) is 12.0 Å². The van der Waals surface area contributed by atoms with E-state index in [1.807, 2.05) is 59.2 Å². The van der Waals surface area contributed by atoms with Crippen LogP contribution in [0.3, 0.4) is 0 Å². The monoisotopic (exact) mass is 489 g/mol. The molecule has 1 N–H and O–H groups in total. The van der Waals surface area contributed by atoms with Crippen LogP contribution in [0.5, 0.6) is 5.75 Å². The number of methoxy groups -OCH3 is 1. The van der Waals surface area contributed by atoms with Crippen molar-refractivity contribution in [2.75, 3.05) is 12.9 Å². The number of non-ortho nitro benzene ring substituents is 1. The van der Waals surface area contributed by atoms with E-state index >= 15 is 0 Å². The molecule has 4 rings (SSSR count). The molecule has 178 valence electrons. The Morgan fingerprint density at radius 3 is 2.54 bits per heavy atom. The minimum Gasteiger partial charge on any atom is -0.497 e. The number of thioether (sulfide) groups is 1. The maximum Gasteiger partial charge on any atom is 0.270 e. The molecule has 0 bridgehead atoms. The van der Waals surface area contributed by atoms with E-state index < -0.39 is 4.92 Å². The lowest BCUT2D eigenvalue weighted by Crippen LogP contribution is -2.23. The molecular formula is C25H23N5O4S. The predicted molar refractivity (Wildman–Crippen MR) is 134 cm³/mol. The summed E-state index contributed by atoms with van der Waals surface area (Å²) < 4.78 is 6.99. The second-order valence-corrected chi connectivity index (χ2v) is 8.57. The Hall–Kier alpha value is -4.18. The maximum atomic E-state index is 12.4. The minimum absolute atomic E-state index is 0.0205. The molecule has 0 fully saturated rings. The standard InChI is InChI=1S/C25H23N5O4S/c1-34-22-12-10-18(11-13-22)17-26-23(31)14-15-35-25-28-27-24(29(25)20-7-3-2-4-8-20)19-6-5-9-21(16-19)30(32)33/h2-13,16H,14-15,17H2,1H3,(H,26,31). The highest BCUT2D eigenvalue weighted by molar-refractivity contribution is 7.99. The number of nitro groups is 1. The van der Waals surface area contributed by atoms with Crippen molar-refractivity contribution in [3.05, 3.63) is 94.5 Å². The molecule has 1 aromatic heterocycles. The molecule has 4 aromatic rings. The molecule has 0 spiro atoms. The number of carbonyl (C=O) groups excluding carboxylic acids is 1. The second-order valence-electron chi connectivity index (χ2n) is 7.51. The van der Waals surface area contributed by atoms with Crippen LogP contribution in [0, 0.1) is 10.1 Å². The molecule has 0 unspecified atom stereocenters. The lowest BCUT2D eigenvalue weighted by atomic mass is 10.2. The summed E-state index contributed by atoms with van der Waals surface area (Å²) in [6, 6.07) is 23.3. The number of benzene rings is 3. The van der Waals surface area contributed by atoms with E-state index in [9.17, 15) is 14.9 Å². The summed E-state index contributed by atoms with van der Waals surface area (Å²) in [5.41, 5.74) is 2.37. The van der Waals surface area contributed by atoms with Crippen LogP contribution < -0.4 is 10.1 Å². The van der Waals surface area contributed by atoms with Gasteiger partial charge in [-0.05, 0) is 29.8 Å². The number of hydrogen-bond acceptors (Lipinski definition) is 7. The van der Waals surface area contributed by atoms with Gasteiger partial charge < -0.3 is 10.1 Å². The van der Waals surface area contributed by atoms with Crippen LogP contribution in [0.15, 0.2) is 84.0 Å². The van der Waals surface area contributed by atoms with E-state index in [1.165, 1.54) is 23.9 Å². The minimum atomic E-state index is -0.438. The highest BCUT2D eigenvalue weighted by atomic mass is 32.2. The molecule has 0 aliphatic rings. The first-order valence-electron chi connectivity index (χ1n) is 10.8. The number of nitrogens with zero attached hydrogens (tertiary/aromatic N) is 4. The van der Waals surface area contributed by atoms with Gasteiger partial charge in [0.15, 0.2) is 11.0 Å². The van der Waals surface area contributed by atoms with Crippen molar-refractivity contribution in [3.63, 3.8) is 0 Å². The van der Waals surface area contributed by atoms with Gasteiger partial charge in [-0.1, -0.05) is 54.2 Å². The summed E-state index contributed by atoms with van der Waals surface area (Å²) >= 11 is 1.40. The third-order valence-electron chi connectivity index (χ3n) is 5.17. The number of rotatable bonds is 10. The Balaban J connectivity index is 1.45. The van der Waals surface area contributed by atoms with Crippen molar-refractivity contribution in [1.29, 1.82) is 0 Å². The largest absolute Gasteiger partial charge is 0.497 e. The number of carbonyl (C=O) groups is 1. The van der Waals surface area contributed by atoms with Crippen LogP contribution in [0.4, 0.5) is 5.69 Å². The van der Waals surface area contributed by atoms with Crippen LogP contribution in [0.2, 0.25) is 0 Å². The predicted octanol–water partition coefficient (Wildman–Crippen LogP) is 4.65. The lowest BCUT2D eigenvalue weighted by molar-refractivity contribution is -0.384.